The first-order valence-corrected chi connectivity index (χ1v) is 13.9. The lowest BCUT2D eigenvalue weighted by Crippen LogP contribution is -2.33. The van der Waals surface area contributed by atoms with E-state index >= 15 is 0 Å². The van der Waals surface area contributed by atoms with Crippen molar-refractivity contribution in [2.24, 2.45) is 17.8 Å². The van der Waals surface area contributed by atoms with Crippen LogP contribution in [0.2, 0.25) is 5.02 Å². The van der Waals surface area contributed by atoms with Crippen molar-refractivity contribution in [1.82, 2.24) is 20.1 Å². The lowest BCUT2D eigenvalue weighted by atomic mass is 9.83. The third kappa shape index (κ3) is 6.55. The van der Waals surface area contributed by atoms with Gasteiger partial charge in [0.15, 0.2) is 5.69 Å². The molecule has 2 aliphatic rings. The highest BCUT2D eigenvalue weighted by Gasteiger charge is 2.41. The van der Waals surface area contributed by atoms with Gasteiger partial charge in [-0.2, -0.15) is 18.3 Å². The van der Waals surface area contributed by atoms with Crippen LogP contribution >= 0.6 is 11.6 Å². The number of halogens is 4. The molecule has 2 aliphatic carbocycles. The normalized spacial score (nSPS) is 24.2. The summed E-state index contributed by atoms with van der Waals surface area (Å²) in [6.07, 6.45) is 3.09. The number of hydrogen-bond acceptors (Lipinski definition) is 5. The van der Waals surface area contributed by atoms with Crippen LogP contribution in [0.25, 0.3) is 11.3 Å². The fraction of sp³-hybridized carbons (Fsp3) is 0.667. The third-order valence-electron chi connectivity index (χ3n) is 7.98. The van der Waals surface area contributed by atoms with Gasteiger partial charge in [0.1, 0.15) is 11.6 Å². The van der Waals surface area contributed by atoms with Crippen LogP contribution in [0.3, 0.4) is 0 Å². The maximum atomic E-state index is 13.0. The van der Waals surface area contributed by atoms with Gasteiger partial charge in [0.25, 0.3) is 5.91 Å². The number of aromatic nitrogens is 3. The zero-order valence-corrected chi connectivity index (χ0v) is 23.0. The average molecular weight is 556 g/mol. The van der Waals surface area contributed by atoms with Gasteiger partial charge >= 0.3 is 6.18 Å². The van der Waals surface area contributed by atoms with Crippen LogP contribution in [0, 0.1) is 17.8 Å². The van der Waals surface area contributed by atoms with E-state index in [1.165, 1.54) is 20.0 Å². The quantitative estimate of drug-likeness (QED) is 0.378. The summed E-state index contributed by atoms with van der Waals surface area (Å²) in [5, 5.41) is 11.0. The Hall–Kier alpha value is -2.49. The second kappa shape index (κ2) is 12.1. The number of ether oxygens (including phenoxy) is 1. The molecule has 0 saturated heterocycles. The van der Waals surface area contributed by atoms with Crippen LogP contribution in [0.1, 0.15) is 75.7 Å². The molecule has 0 bridgehead atoms. The minimum absolute atomic E-state index is 0.0934. The van der Waals surface area contributed by atoms with Crippen LogP contribution < -0.4 is 15.4 Å². The molecule has 0 unspecified atom stereocenters. The first-order chi connectivity index (χ1) is 18.1. The van der Waals surface area contributed by atoms with Gasteiger partial charge in [0, 0.05) is 31.4 Å². The van der Waals surface area contributed by atoms with Crippen LogP contribution in [0.4, 0.5) is 19.0 Å². The van der Waals surface area contributed by atoms with E-state index in [2.05, 4.69) is 27.6 Å². The molecule has 0 aliphatic heterocycles. The summed E-state index contributed by atoms with van der Waals surface area (Å²) in [7, 11) is 1.52. The Morgan fingerprint density at radius 1 is 1.16 bits per heavy atom. The predicted molar refractivity (Wildman–Crippen MR) is 142 cm³/mol. The number of nitrogens with zero attached hydrogens (tertiary/aromatic N) is 3. The molecule has 2 fully saturated rings. The second-order valence-corrected chi connectivity index (χ2v) is 11.0. The van der Waals surface area contributed by atoms with E-state index in [9.17, 15) is 18.0 Å². The van der Waals surface area contributed by atoms with Crippen molar-refractivity contribution in [3.05, 3.63) is 23.0 Å². The minimum Gasteiger partial charge on any atom is -0.496 e. The molecule has 0 aromatic carbocycles. The summed E-state index contributed by atoms with van der Waals surface area (Å²) < 4.78 is 46.3. The number of carbonyl (C=O) groups excluding carboxylic acids is 1. The number of rotatable bonds is 8. The molecule has 0 atom stereocenters. The summed E-state index contributed by atoms with van der Waals surface area (Å²) in [6, 6.07) is 1.61. The summed E-state index contributed by atoms with van der Waals surface area (Å²) in [5.41, 5.74) is 1.28. The van der Waals surface area contributed by atoms with Gasteiger partial charge in [-0.15, -0.1) is 0 Å². The number of nitrogens with one attached hydrogen (secondary N) is 2. The highest BCUT2D eigenvalue weighted by molar-refractivity contribution is 6.36. The lowest BCUT2D eigenvalue weighted by Gasteiger charge is -2.30. The van der Waals surface area contributed by atoms with Crippen molar-refractivity contribution in [2.75, 3.05) is 19.0 Å². The largest absolute Gasteiger partial charge is 0.496 e. The van der Waals surface area contributed by atoms with E-state index in [0.29, 0.717) is 54.7 Å². The van der Waals surface area contributed by atoms with Gasteiger partial charge in [0.2, 0.25) is 0 Å². The monoisotopic (exact) mass is 555 g/mol. The molecule has 1 amide bonds. The van der Waals surface area contributed by atoms with Crippen molar-refractivity contribution < 1.29 is 22.7 Å². The van der Waals surface area contributed by atoms with Gasteiger partial charge in [-0.25, -0.2) is 4.98 Å². The van der Waals surface area contributed by atoms with Crippen LogP contribution in [0.15, 0.2) is 12.3 Å². The van der Waals surface area contributed by atoms with Crippen molar-refractivity contribution in [2.45, 2.75) is 84.0 Å². The summed E-state index contributed by atoms with van der Waals surface area (Å²) in [4.78, 5) is 17.5. The molecule has 11 heteroatoms. The molecule has 2 aromatic heterocycles. The topological polar surface area (TPSA) is 81.1 Å². The van der Waals surface area contributed by atoms with Crippen molar-refractivity contribution in [3.8, 4) is 17.0 Å². The maximum absolute atomic E-state index is 13.0. The number of amides is 1. The molecule has 2 saturated carbocycles. The fourth-order valence-corrected chi connectivity index (χ4v) is 5.89. The number of anilines is 1. The Bertz CT molecular complexity index is 1110. The lowest BCUT2D eigenvalue weighted by molar-refractivity contribution is -0.182. The Balaban J connectivity index is 1.47. The smallest absolute Gasteiger partial charge is 0.391 e. The number of alkyl halides is 3. The zero-order valence-electron chi connectivity index (χ0n) is 22.2. The number of pyridine rings is 1. The summed E-state index contributed by atoms with van der Waals surface area (Å²) >= 11 is 6.72. The number of hydrogen-bond donors (Lipinski definition) is 2. The molecule has 4 rings (SSSR count). The molecule has 7 nitrogen and oxygen atoms in total. The van der Waals surface area contributed by atoms with Crippen LogP contribution in [0.5, 0.6) is 5.75 Å². The Morgan fingerprint density at radius 3 is 2.45 bits per heavy atom. The second-order valence-electron chi connectivity index (χ2n) is 10.7. The number of methoxy groups -OCH3 is 1. The highest BCUT2D eigenvalue weighted by Crippen LogP contribution is 2.40. The standard InChI is InChI=1S/C27H37ClF3N5O2/c1-4-36-25(23(28)24(35-36)26(37)33-14-17-7-5-16(2)6-8-17)20-15-32-22(13-21(20)38-3)34-19-11-9-18(10-12-19)27(29,30)31/h13,15-19H,4-12,14H2,1-3H3,(H,32,34)(H,33,37). The van der Waals surface area contributed by atoms with Gasteiger partial charge in [-0.1, -0.05) is 31.4 Å². The molecule has 2 aromatic rings. The SMILES string of the molecule is CCn1nc(C(=O)NCC2CCC(C)CC2)c(Cl)c1-c1cnc(NC2CCC(C(F)(F)F)CC2)cc1OC. The molecular weight excluding hydrogens is 519 g/mol. The molecule has 0 radical (unpaired) electrons. The molecule has 38 heavy (non-hydrogen) atoms. The van der Waals surface area contributed by atoms with Crippen molar-refractivity contribution >= 4 is 23.3 Å². The van der Waals surface area contributed by atoms with Crippen LogP contribution in [-0.2, 0) is 6.54 Å². The van der Waals surface area contributed by atoms with E-state index in [1.54, 1.807) is 16.9 Å². The van der Waals surface area contributed by atoms with Crippen LogP contribution in [-0.4, -0.2) is 46.5 Å². The predicted octanol–water partition coefficient (Wildman–Crippen LogP) is 6.72. The summed E-state index contributed by atoms with van der Waals surface area (Å²) in [6.45, 7) is 5.26. The van der Waals surface area contributed by atoms with E-state index in [1.807, 2.05) is 6.92 Å². The van der Waals surface area contributed by atoms with E-state index in [-0.39, 0.29) is 35.5 Å². The number of carbonyl (C=O) groups is 1. The fourth-order valence-electron chi connectivity index (χ4n) is 5.56. The van der Waals surface area contributed by atoms with Crippen molar-refractivity contribution in [1.29, 1.82) is 0 Å². The van der Waals surface area contributed by atoms with E-state index in [4.69, 9.17) is 16.3 Å². The Kier molecular flexibility index (Phi) is 9.11. The molecular formula is C27H37ClF3N5O2. The maximum Gasteiger partial charge on any atom is 0.391 e. The average Bonchev–Trinajstić information content (AvgIpc) is 3.24. The van der Waals surface area contributed by atoms with E-state index < -0.39 is 12.1 Å². The number of aryl methyl sites for hydroxylation is 1. The van der Waals surface area contributed by atoms with Crippen molar-refractivity contribution in [3.63, 3.8) is 0 Å². The molecule has 2 heterocycles. The van der Waals surface area contributed by atoms with Gasteiger partial charge in [-0.05, 0) is 57.3 Å². The first kappa shape index (κ1) is 28.5. The van der Waals surface area contributed by atoms with Gasteiger partial charge in [0.05, 0.1) is 29.3 Å². The third-order valence-corrected chi connectivity index (χ3v) is 8.34. The first-order valence-electron chi connectivity index (χ1n) is 13.5. The highest BCUT2D eigenvalue weighted by atomic mass is 35.5. The Labute approximate surface area is 226 Å². The van der Waals surface area contributed by atoms with E-state index in [0.717, 1.165) is 18.8 Å². The summed E-state index contributed by atoms with van der Waals surface area (Å²) in [5.74, 6) is 0.662. The molecule has 0 spiro atoms. The zero-order chi connectivity index (χ0) is 27.4. The Morgan fingerprint density at radius 2 is 1.84 bits per heavy atom. The molecule has 2 N–H and O–H groups in total. The van der Waals surface area contributed by atoms with Gasteiger partial charge in [-0.3, -0.25) is 9.48 Å². The van der Waals surface area contributed by atoms with Gasteiger partial charge < -0.3 is 15.4 Å². The molecule has 210 valence electrons. The minimum atomic E-state index is -4.14.